The van der Waals surface area contributed by atoms with Crippen LogP contribution in [0, 0.1) is 18.2 Å². The summed E-state index contributed by atoms with van der Waals surface area (Å²) in [5, 5.41) is 0. The molecule has 1 amide bonds. The minimum absolute atomic E-state index is 0.102. The topological polar surface area (TPSA) is 92.8 Å². The van der Waals surface area contributed by atoms with Gasteiger partial charge in [0.15, 0.2) is 5.96 Å². The van der Waals surface area contributed by atoms with Crippen LogP contribution in [0.25, 0.3) is 0 Å². The van der Waals surface area contributed by atoms with Gasteiger partial charge >= 0.3 is 11.6 Å². The summed E-state index contributed by atoms with van der Waals surface area (Å²) < 4.78 is 31.4. The van der Waals surface area contributed by atoms with Crippen molar-refractivity contribution in [2.45, 2.75) is 39.7 Å². The van der Waals surface area contributed by atoms with Gasteiger partial charge in [-0.25, -0.2) is 9.38 Å². The Morgan fingerprint density at radius 1 is 1.07 bits per heavy atom. The number of aryl methyl sites for hydroxylation is 1. The second-order valence-electron chi connectivity index (χ2n) is 8.08. The number of hydrogen-bond donors (Lipinski definition) is 1. The second-order valence-corrected chi connectivity index (χ2v) is 8.21. The maximum atomic E-state index is 14.9. The molecule has 0 aliphatic carbocycles. The molecule has 8 heteroatoms. The van der Waals surface area contributed by atoms with Crippen LogP contribution in [0.1, 0.15) is 43.0 Å². The second kappa shape index (κ2) is 8.87. The van der Waals surface area contributed by atoms with Crippen LogP contribution in [0.15, 0.2) is 47.5 Å². The summed E-state index contributed by atoms with van der Waals surface area (Å²) in [5.74, 6) is -0.460. The van der Waals surface area contributed by atoms with E-state index < -0.39 is 22.5 Å². The average molecular weight is 432 g/mol. The van der Waals surface area contributed by atoms with Crippen LogP contribution in [-0.2, 0) is 28.3 Å². The SMILES string of the molecule is Cc1ccc(Cc2ccc(F)c([C@@]3(C)N=C(N)N(C)C(=O)C3(C)C)c2)cc1.O=S=O. The molecule has 1 aliphatic rings. The molecule has 0 aromatic heterocycles. The number of hydrogen-bond acceptors (Lipinski definition) is 5. The van der Waals surface area contributed by atoms with Crippen LogP contribution in [0.4, 0.5) is 4.39 Å². The van der Waals surface area contributed by atoms with E-state index in [9.17, 15) is 9.18 Å². The molecule has 0 saturated heterocycles. The number of rotatable bonds is 3. The molecule has 6 nitrogen and oxygen atoms in total. The van der Waals surface area contributed by atoms with Crippen LogP contribution in [0.3, 0.4) is 0 Å². The maximum absolute atomic E-state index is 14.9. The number of carbonyl (C=O) groups is 1. The molecule has 0 spiro atoms. The van der Waals surface area contributed by atoms with E-state index in [-0.39, 0.29) is 17.7 Å². The largest absolute Gasteiger partial charge is 0.369 e. The number of halogens is 1. The monoisotopic (exact) mass is 431 g/mol. The Kier molecular flexibility index (Phi) is 6.92. The first-order valence-electron chi connectivity index (χ1n) is 9.37. The van der Waals surface area contributed by atoms with Crippen molar-refractivity contribution >= 4 is 23.4 Å². The fourth-order valence-corrected chi connectivity index (χ4v) is 3.57. The Morgan fingerprint density at radius 3 is 2.17 bits per heavy atom. The van der Waals surface area contributed by atoms with Crippen LogP contribution < -0.4 is 5.73 Å². The van der Waals surface area contributed by atoms with Crippen molar-refractivity contribution in [1.82, 2.24) is 4.90 Å². The van der Waals surface area contributed by atoms with Gasteiger partial charge in [-0.3, -0.25) is 9.69 Å². The molecular weight excluding hydrogens is 405 g/mol. The summed E-state index contributed by atoms with van der Waals surface area (Å²) in [6, 6.07) is 13.3. The molecule has 3 rings (SSSR count). The Hall–Kier alpha value is -2.87. The molecule has 1 aliphatic heterocycles. The molecule has 0 bridgehead atoms. The molecule has 0 fully saturated rings. The lowest BCUT2D eigenvalue weighted by Gasteiger charge is -2.46. The molecule has 2 aromatic carbocycles. The summed E-state index contributed by atoms with van der Waals surface area (Å²) in [5.41, 5.74) is 7.63. The van der Waals surface area contributed by atoms with Crippen molar-refractivity contribution in [1.29, 1.82) is 0 Å². The Balaban J connectivity index is 0.00000101. The Labute approximate surface area is 179 Å². The van der Waals surface area contributed by atoms with E-state index in [0.29, 0.717) is 12.0 Å². The van der Waals surface area contributed by atoms with E-state index >= 15 is 0 Å². The predicted molar refractivity (Wildman–Crippen MR) is 115 cm³/mol. The Morgan fingerprint density at radius 2 is 1.60 bits per heavy atom. The number of carbonyl (C=O) groups excluding carboxylic acids is 1. The van der Waals surface area contributed by atoms with E-state index in [2.05, 4.69) is 29.3 Å². The van der Waals surface area contributed by atoms with Crippen molar-refractivity contribution in [3.63, 3.8) is 0 Å². The third kappa shape index (κ3) is 4.33. The van der Waals surface area contributed by atoms with Crippen LogP contribution >= 0.6 is 0 Å². The summed E-state index contributed by atoms with van der Waals surface area (Å²) in [6.07, 6.45) is 0.678. The molecule has 30 heavy (non-hydrogen) atoms. The number of aliphatic imine (C=N–C) groups is 1. The van der Waals surface area contributed by atoms with Crippen molar-refractivity contribution in [2.75, 3.05) is 7.05 Å². The predicted octanol–water partition coefficient (Wildman–Crippen LogP) is 3.08. The van der Waals surface area contributed by atoms with Gasteiger partial charge in [-0.05, 0) is 51.3 Å². The molecule has 2 aromatic rings. The quantitative estimate of drug-likeness (QED) is 0.808. The zero-order valence-corrected chi connectivity index (χ0v) is 18.5. The summed E-state index contributed by atoms with van der Waals surface area (Å²) in [4.78, 5) is 18.7. The standard InChI is InChI=1S/C22H26FN3O.O2S/c1-14-6-8-15(9-7-14)12-16-10-11-18(23)17(13-16)22(4)21(2,3)19(27)26(5)20(24)25-22;1-3-2/h6-11,13H,12H2,1-5H3,(H2,24,25);/t22-;/m1./s1. The van der Waals surface area contributed by atoms with Crippen molar-refractivity contribution in [3.8, 4) is 0 Å². The highest BCUT2D eigenvalue weighted by Crippen LogP contribution is 2.47. The maximum Gasteiger partial charge on any atom is 0.335 e. The third-order valence-electron chi connectivity index (χ3n) is 5.82. The third-order valence-corrected chi connectivity index (χ3v) is 5.82. The summed E-state index contributed by atoms with van der Waals surface area (Å²) in [6.45, 7) is 7.39. The van der Waals surface area contributed by atoms with E-state index in [1.54, 1.807) is 33.9 Å². The van der Waals surface area contributed by atoms with E-state index in [1.807, 2.05) is 13.0 Å². The number of benzene rings is 2. The summed E-state index contributed by atoms with van der Waals surface area (Å²) >= 11 is -0.750. The van der Waals surface area contributed by atoms with Gasteiger partial charge in [0.05, 0.1) is 5.41 Å². The van der Waals surface area contributed by atoms with Gasteiger partial charge in [0.2, 0.25) is 5.91 Å². The van der Waals surface area contributed by atoms with Gasteiger partial charge in [-0.2, -0.15) is 8.42 Å². The lowest BCUT2D eigenvalue weighted by Crippen LogP contribution is -2.58. The van der Waals surface area contributed by atoms with Gasteiger partial charge < -0.3 is 5.73 Å². The van der Waals surface area contributed by atoms with Gasteiger partial charge in [-0.1, -0.05) is 42.0 Å². The van der Waals surface area contributed by atoms with Gasteiger partial charge in [0.1, 0.15) is 11.4 Å². The zero-order chi connectivity index (χ0) is 22.7. The minimum Gasteiger partial charge on any atom is -0.369 e. The molecular formula is C22H26FN3O3S. The lowest BCUT2D eigenvalue weighted by molar-refractivity contribution is -0.140. The fraction of sp³-hybridized carbons (Fsp3) is 0.364. The first-order chi connectivity index (χ1) is 14.0. The van der Waals surface area contributed by atoms with E-state index in [1.165, 1.54) is 16.5 Å². The molecule has 0 radical (unpaired) electrons. The highest BCUT2D eigenvalue weighted by atomic mass is 32.1. The molecule has 2 N–H and O–H groups in total. The lowest BCUT2D eigenvalue weighted by atomic mass is 9.67. The number of nitrogens with two attached hydrogens (primary N) is 1. The molecule has 1 atom stereocenters. The number of nitrogens with zero attached hydrogens (tertiary/aromatic N) is 2. The van der Waals surface area contributed by atoms with Crippen molar-refractivity contribution in [2.24, 2.45) is 16.1 Å². The minimum atomic E-state index is -1.09. The van der Waals surface area contributed by atoms with Gasteiger partial charge in [0, 0.05) is 12.6 Å². The van der Waals surface area contributed by atoms with Crippen LogP contribution in [0.5, 0.6) is 0 Å². The molecule has 0 unspecified atom stereocenters. The molecule has 1 heterocycles. The van der Waals surface area contributed by atoms with Gasteiger partial charge in [0.25, 0.3) is 0 Å². The average Bonchev–Trinajstić information content (AvgIpc) is 2.69. The van der Waals surface area contributed by atoms with Crippen molar-refractivity contribution in [3.05, 3.63) is 70.5 Å². The normalized spacial score (nSPS) is 20.1. The highest BCUT2D eigenvalue weighted by molar-refractivity contribution is 7.51. The Bertz CT molecular complexity index is 1010. The van der Waals surface area contributed by atoms with E-state index in [4.69, 9.17) is 14.2 Å². The first-order valence-corrected chi connectivity index (χ1v) is 10.0. The molecule has 160 valence electrons. The van der Waals surface area contributed by atoms with Gasteiger partial charge in [-0.15, -0.1) is 0 Å². The fourth-order valence-electron chi connectivity index (χ4n) is 3.57. The zero-order valence-electron chi connectivity index (χ0n) is 17.7. The number of amides is 1. The van der Waals surface area contributed by atoms with Crippen molar-refractivity contribution < 1.29 is 17.6 Å². The van der Waals surface area contributed by atoms with Crippen LogP contribution in [-0.4, -0.2) is 32.2 Å². The smallest absolute Gasteiger partial charge is 0.335 e. The van der Waals surface area contributed by atoms with Crippen LogP contribution in [0.2, 0.25) is 0 Å². The highest BCUT2D eigenvalue weighted by Gasteiger charge is 2.53. The molecule has 0 saturated carbocycles. The van der Waals surface area contributed by atoms with E-state index in [0.717, 1.165) is 11.1 Å². The first kappa shape index (κ1) is 23.4. The summed E-state index contributed by atoms with van der Waals surface area (Å²) in [7, 11) is 1.59. The number of guanidine groups is 1.